The number of hydrogen-bond donors (Lipinski definition) is 2. The van der Waals surface area contributed by atoms with E-state index in [0.717, 1.165) is 24.4 Å². The number of carbonyl (C=O) groups is 1. The number of nitrogens with zero attached hydrogens (tertiary/aromatic N) is 2. The largest absolute Gasteiger partial charge is 0.469 e. The topological polar surface area (TPSA) is 83.8 Å². The van der Waals surface area contributed by atoms with Gasteiger partial charge < -0.3 is 9.73 Å². The molecule has 2 rings (SSSR count). The highest BCUT2D eigenvalue weighted by atomic mass is 16.3. The summed E-state index contributed by atoms with van der Waals surface area (Å²) < 4.78 is 5.22. The van der Waals surface area contributed by atoms with Crippen LogP contribution in [0.5, 0.6) is 0 Å². The maximum atomic E-state index is 11.8. The van der Waals surface area contributed by atoms with Gasteiger partial charge in [0.05, 0.1) is 11.8 Å². The maximum Gasteiger partial charge on any atom is 0.254 e. The van der Waals surface area contributed by atoms with E-state index < -0.39 is 0 Å². The summed E-state index contributed by atoms with van der Waals surface area (Å²) in [6.45, 7) is 2.56. The molecular formula is C12H16N4O2. The summed E-state index contributed by atoms with van der Waals surface area (Å²) in [5.41, 5.74) is 0.622. The van der Waals surface area contributed by atoms with Crippen LogP contribution in [0, 0.1) is 0 Å². The van der Waals surface area contributed by atoms with Gasteiger partial charge in [0, 0.05) is 19.4 Å². The van der Waals surface area contributed by atoms with E-state index in [1.807, 2.05) is 6.92 Å². The van der Waals surface area contributed by atoms with Gasteiger partial charge in [-0.15, -0.1) is 0 Å². The molecular weight excluding hydrogens is 232 g/mol. The molecule has 0 saturated heterocycles. The quantitative estimate of drug-likeness (QED) is 0.755. The van der Waals surface area contributed by atoms with Gasteiger partial charge in [-0.25, -0.2) is 4.98 Å². The number of aromatic amines is 1. The standard InChI is InChI=1S/C12H16N4O2/c1-2-10-9(5-7-18-10)12(17)13-6-3-4-11-14-8-15-16-11/h5,7-8H,2-4,6H2,1H3,(H,13,17)(H,14,15,16). The van der Waals surface area contributed by atoms with Crippen molar-refractivity contribution in [2.45, 2.75) is 26.2 Å². The van der Waals surface area contributed by atoms with E-state index in [2.05, 4.69) is 20.5 Å². The highest BCUT2D eigenvalue weighted by Gasteiger charge is 2.12. The highest BCUT2D eigenvalue weighted by Crippen LogP contribution is 2.10. The van der Waals surface area contributed by atoms with E-state index in [0.29, 0.717) is 18.5 Å². The summed E-state index contributed by atoms with van der Waals surface area (Å²) in [6, 6.07) is 1.70. The summed E-state index contributed by atoms with van der Waals surface area (Å²) in [5.74, 6) is 1.47. The maximum absolute atomic E-state index is 11.8. The molecule has 0 spiro atoms. The molecule has 96 valence electrons. The average Bonchev–Trinajstić information content (AvgIpc) is 3.04. The molecule has 0 fully saturated rings. The number of nitrogens with one attached hydrogen (secondary N) is 2. The van der Waals surface area contributed by atoms with Crippen molar-refractivity contribution >= 4 is 5.91 Å². The molecule has 6 heteroatoms. The third kappa shape index (κ3) is 2.97. The molecule has 0 bridgehead atoms. The molecule has 0 unspecified atom stereocenters. The van der Waals surface area contributed by atoms with E-state index in [-0.39, 0.29) is 5.91 Å². The van der Waals surface area contributed by atoms with Crippen LogP contribution in [-0.4, -0.2) is 27.6 Å². The SMILES string of the molecule is CCc1occc1C(=O)NCCCc1ncn[nH]1. The molecule has 2 aromatic heterocycles. The molecule has 0 radical (unpaired) electrons. The van der Waals surface area contributed by atoms with Gasteiger partial charge in [0.1, 0.15) is 17.9 Å². The van der Waals surface area contributed by atoms with Crippen molar-refractivity contribution in [1.82, 2.24) is 20.5 Å². The Morgan fingerprint density at radius 2 is 2.44 bits per heavy atom. The van der Waals surface area contributed by atoms with E-state index in [9.17, 15) is 4.79 Å². The first-order valence-corrected chi connectivity index (χ1v) is 6.00. The van der Waals surface area contributed by atoms with E-state index >= 15 is 0 Å². The van der Waals surface area contributed by atoms with Crippen molar-refractivity contribution < 1.29 is 9.21 Å². The minimum atomic E-state index is -0.0850. The summed E-state index contributed by atoms with van der Waals surface area (Å²) in [5, 5.41) is 9.41. The third-order valence-electron chi connectivity index (χ3n) is 2.65. The van der Waals surface area contributed by atoms with Crippen molar-refractivity contribution in [3.63, 3.8) is 0 Å². The predicted molar refractivity (Wildman–Crippen MR) is 65.1 cm³/mol. The summed E-state index contributed by atoms with van der Waals surface area (Å²) in [6.07, 6.45) is 5.33. The van der Waals surface area contributed by atoms with Crippen molar-refractivity contribution in [2.24, 2.45) is 0 Å². The van der Waals surface area contributed by atoms with Crippen molar-refractivity contribution in [2.75, 3.05) is 6.54 Å². The number of furan rings is 1. The first-order chi connectivity index (χ1) is 8.81. The zero-order valence-corrected chi connectivity index (χ0v) is 10.3. The van der Waals surface area contributed by atoms with Gasteiger partial charge in [-0.3, -0.25) is 9.89 Å². The molecule has 0 aliphatic carbocycles. The van der Waals surface area contributed by atoms with Crippen LogP contribution in [0.1, 0.15) is 35.3 Å². The van der Waals surface area contributed by atoms with Crippen molar-refractivity contribution in [3.05, 3.63) is 35.8 Å². The minimum Gasteiger partial charge on any atom is -0.469 e. The molecule has 6 nitrogen and oxygen atoms in total. The smallest absolute Gasteiger partial charge is 0.254 e. The van der Waals surface area contributed by atoms with Gasteiger partial charge >= 0.3 is 0 Å². The normalized spacial score (nSPS) is 10.5. The molecule has 18 heavy (non-hydrogen) atoms. The molecule has 2 N–H and O–H groups in total. The first kappa shape index (κ1) is 12.3. The third-order valence-corrected chi connectivity index (χ3v) is 2.65. The monoisotopic (exact) mass is 248 g/mol. The lowest BCUT2D eigenvalue weighted by Gasteiger charge is -2.03. The Labute approximate surface area is 105 Å². The second kappa shape index (κ2) is 6.00. The zero-order valence-electron chi connectivity index (χ0n) is 10.3. The van der Waals surface area contributed by atoms with Gasteiger partial charge in [0.2, 0.25) is 0 Å². The van der Waals surface area contributed by atoms with E-state index in [4.69, 9.17) is 4.42 Å². The van der Waals surface area contributed by atoms with Crippen LogP contribution in [0.2, 0.25) is 0 Å². The number of aryl methyl sites for hydroxylation is 2. The lowest BCUT2D eigenvalue weighted by molar-refractivity contribution is 0.0951. The second-order valence-corrected chi connectivity index (χ2v) is 3.90. The Morgan fingerprint density at radius 1 is 1.56 bits per heavy atom. The zero-order chi connectivity index (χ0) is 12.8. The minimum absolute atomic E-state index is 0.0850. The molecule has 2 heterocycles. The van der Waals surface area contributed by atoms with E-state index in [1.165, 1.54) is 6.33 Å². The van der Waals surface area contributed by atoms with Gasteiger partial charge in [0.25, 0.3) is 5.91 Å². The van der Waals surface area contributed by atoms with Crippen LogP contribution in [-0.2, 0) is 12.8 Å². The average molecular weight is 248 g/mol. The fourth-order valence-electron chi connectivity index (χ4n) is 1.72. The van der Waals surface area contributed by atoms with Crippen LogP contribution >= 0.6 is 0 Å². The predicted octanol–water partition coefficient (Wildman–Crippen LogP) is 1.32. The lowest BCUT2D eigenvalue weighted by atomic mass is 10.2. The molecule has 0 atom stereocenters. The number of hydrogen-bond acceptors (Lipinski definition) is 4. The van der Waals surface area contributed by atoms with Crippen molar-refractivity contribution in [3.8, 4) is 0 Å². The first-order valence-electron chi connectivity index (χ1n) is 6.00. The van der Waals surface area contributed by atoms with Crippen LogP contribution in [0.25, 0.3) is 0 Å². The number of H-pyrrole nitrogens is 1. The van der Waals surface area contributed by atoms with Crippen LogP contribution in [0.15, 0.2) is 23.1 Å². The van der Waals surface area contributed by atoms with Gasteiger partial charge in [0.15, 0.2) is 0 Å². The molecule has 0 saturated carbocycles. The van der Waals surface area contributed by atoms with Gasteiger partial charge in [-0.2, -0.15) is 5.10 Å². The summed E-state index contributed by atoms with van der Waals surface area (Å²) in [7, 11) is 0. The van der Waals surface area contributed by atoms with Crippen molar-refractivity contribution in [1.29, 1.82) is 0 Å². The summed E-state index contributed by atoms with van der Waals surface area (Å²) in [4.78, 5) is 15.9. The number of aromatic nitrogens is 3. The van der Waals surface area contributed by atoms with Gasteiger partial charge in [-0.05, 0) is 12.5 Å². The number of carbonyl (C=O) groups excluding carboxylic acids is 1. The Hall–Kier alpha value is -2.11. The molecule has 1 amide bonds. The Kier molecular flexibility index (Phi) is 4.11. The Bertz CT molecular complexity index is 490. The van der Waals surface area contributed by atoms with E-state index in [1.54, 1.807) is 12.3 Å². The fourth-order valence-corrected chi connectivity index (χ4v) is 1.72. The molecule has 0 aliphatic heterocycles. The second-order valence-electron chi connectivity index (χ2n) is 3.90. The van der Waals surface area contributed by atoms with Gasteiger partial charge in [-0.1, -0.05) is 6.92 Å². The van der Waals surface area contributed by atoms with Crippen LogP contribution in [0.4, 0.5) is 0 Å². The Morgan fingerprint density at radius 3 is 3.17 bits per heavy atom. The molecule has 2 aromatic rings. The molecule has 0 aromatic carbocycles. The fraction of sp³-hybridized carbons (Fsp3) is 0.417. The highest BCUT2D eigenvalue weighted by molar-refractivity contribution is 5.95. The van der Waals surface area contributed by atoms with Crippen LogP contribution in [0.3, 0.4) is 0 Å². The number of rotatable bonds is 6. The number of amides is 1. The molecule has 0 aliphatic rings. The lowest BCUT2D eigenvalue weighted by Crippen LogP contribution is -2.25. The Balaban J connectivity index is 1.75. The van der Waals surface area contributed by atoms with Crippen LogP contribution < -0.4 is 5.32 Å². The summed E-state index contributed by atoms with van der Waals surface area (Å²) >= 11 is 0.